The van der Waals surface area contributed by atoms with Crippen molar-refractivity contribution in [2.45, 2.75) is 71.1 Å². The molecule has 0 spiro atoms. The van der Waals surface area contributed by atoms with Crippen LogP contribution >= 0.6 is 0 Å². The van der Waals surface area contributed by atoms with Gasteiger partial charge in [0.15, 0.2) is 0 Å². The van der Waals surface area contributed by atoms with Gasteiger partial charge in [0.05, 0.1) is 12.2 Å². The minimum absolute atomic E-state index is 0.182. The van der Waals surface area contributed by atoms with Gasteiger partial charge in [0, 0.05) is 31.7 Å². The van der Waals surface area contributed by atoms with Gasteiger partial charge in [0.2, 0.25) is 0 Å². The smallest absolute Gasteiger partial charge is 0.0811 e. The van der Waals surface area contributed by atoms with Crippen molar-refractivity contribution in [1.82, 2.24) is 9.80 Å². The average Bonchev–Trinajstić information content (AvgIpc) is 3.25. The maximum atomic E-state index is 6.26. The predicted octanol–water partition coefficient (Wildman–Crippen LogP) is 3.00. The largest absolute Gasteiger partial charge is 0.372 e. The second-order valence-electron chi connectivity index (χ2n) is 7.57. The van der Waals surface area contributed by atoms with Gasteiger partial charge in [-0.05, 0) is 66.3 Å². The summed E-state index contributed by atoms with van der Waals surface area (Å²) in [6.07, 6.45) is 5.36. The average molecular weight is 282 g/mol. The predicted molar refractivity (Wildman–Crippen MR) is 85.1 cm³/mol. The van der Waals surface area contributed by atoms with Crippen molar-refractivity contribution in [1.29, 1.82) is 0 Å². The van der Waals surface area contributed by atoms with Crippen LogP contribution in [0.15, 0.2) is 0 Å². The fourth-order valence-electron chi connectivity index (χ4n) is 2.70. The highest BCUT2D eigenvalue weighted by molar-refractivity contribution is 4.98. The van der Waals surface area contributed by atoms with Crippen molar-refractivity contribution >= 4 is 0 Å². The molecule has 0 saturated heterocycles. The molecule has 2 saturated carbocycles. The normalized spacial score (nSPS) is 21.4. The van der Waals surface area contributed by atoms with Crippen molar-refractivity contribution in [3.63, 3.8) is 0 Å². The van der Waals surface area contributed by atoms with Crippen molar-refractivity contribution < 1.29 is 4.74 Å². The highest BCUT2D eigenvalue weighted by atomic mass is 16.5. The first kappa shape index (κ1) is 16.3. The first-order valence-electron chi connectivity index (χ1n) is 8.50. The zero-order valence-electron chi connectivity index (χ0n) is 14.2. The van der Waals surface area contributed by atoms with E-state index in [1.165, 1.54) is 32.2 Å². The van der Waals surface area contributed by atoms with E-state index < -0.39 is 0 Å². The Bertz CT molecular complexity index is 295. The quantitative estimate of drug-likeness (QED) is 0.612. The summed E-state index contributed by atoms with van der Waals surface area (Å²) in [7, 11) is 2.21. The van der Waals surface area contributed by atoms with Crippen LogP contribution in [0.5, 0.6) is 0 Å². The third-order valence-corrected chi connectivity index (χ3v) is 4.93. The second kappa shape index (κ2) is 6.76. The number of likely N-dealkylation sites (N-methyl/N-ethyl adjacent to an activating group) is 1. The number of hydrogen-bond donors (Lipinski definition) is 0. The molecule has 3 heteroatoms. The Morgan fingerprint density at radius 3 is 2.20 bits per heavy atom. The number of nitrogens with zero attached hydrogens (tertiary/aromatic N) is 2. The topological polar surface area (TPSA) is 15.7 Å². The van der Waals surface area contributed by atoms with Gasteiger partial charge in [-0.2, -0.15) is 0 Å². The zero-order chi connectivity index (χ0) is 14.8. The van der Waals surface area contributed by atoms with Crippen LogP contribution < -0.4 is 0 Å². The van der Waals surface area contributed by atoms with Gasteiger partial charge in [0.25, 0.3) is 0 Å². The molecule has 2 fully saturated rings. The Morgan fingerprint density at radius 1 is 1.10 bits per heavy atom. The molecule has 0 heterocycles. The molecule has 2 rings (SSSR count). The van der Waals surface area contributed by atoms with Crippen LogP contribution in [0.4, 0.5) is 0 Å². The molecule has 3 nitrogen and oxygen atoms in total. The molecular formula is C17H34N2O. The summed E-state index contributed by atoms with van der Waals surface area (Å²) in [6.45, 7) is 13.5. The Kier molecular flexibility index (Phi) is 5.49. The Morgan fingerprint density at radius 2 is 1.75 bits per heavy atom. The summed E-state index contributed by atoms with van der Waals surface area (Å²) in [5.74, 6) is 0.972. The van der Waals surface area contributed by atoms with Gasteiger partial charge in [-0.15, -0.1) is 0 Å². The van der Waals surface area contributed by atoms with Crippen LogP contribution in [-0.4, -0.2) is 60.8 Å². The maximum absolute atomic E-state index is 6.26. The minimum atomic E-state index is 0.182. The molecule has 0 unspecified atom stereocenters. The Labute approximate surface area is 125 Å². The van der Waals surface area contributed by atoms with E-state index in [0.717, 1.165) is 25.6 Å². The van der Waals surface area contributed by atoms with E-state index in [0.29, 0.717) is 12.1 Å². The summed E-state index contributed by atoms with van der Waals surface area (Å²) in [5.41, 5.74) is 0.182. The first-order valence-corrected chi connectivity index (χ1v) is 8.50. The summed E-state index contributed by atoms with van der Waals surface area (Å²) >= 11 is 0. The van der Waals surface area contributed by atoms with Gasteiger partial charge in [-0.1, -0.05) is 0 Å². The fourth-order valence-corrected chi connectivity index (χ4v) is 2.70. The van der Waals surface area contributed by atoms with E-state index >= 15 is 0 Å². The van der Waals surface area contributed by atoms with Gasteiger partial charge >= 0.3 is 0 Å². The number of ether oxygens (including phenoxy) is 1. The maximum Gasteiger partial charge on any atom is 0.0811 e. The standard InChI is InChI=1S/C17H34N2O/c1-14(2)18(5)13-17(8-9-17)20-11-10-19(15(3)4)12-16-6-7-16/h14-16H,6-13H2,1-5H3. The van der Waals surface area contributed by atoms with Crippen LogP contribution in [0.3, 0.4) is 0 Å². The highest BCUT2D eigenvalue weighted by Crippen LogP contribution is 2.40. The van der Waals surface area contributed by atoms with Crippen LogP contribution in [0, 0.1) is 5.92 Å². The van der Waals surface area contributed by atoms with Crippen molar-refractivity contribution in [3.05, 3.63) is 0 Å². The third kappa shape index (κ3) is 5.01. The summed E-state index contributed by atoms with van der Waals surface area (Å²) < 4.78 is 6.26. The van der Waals surface area contributed by atoms with Crippen molar-refractivity contribution in [2.75, 3.05) is 33.3 Å². The van der Waals surface area contributed by atoms with Crippen molar-refractivity contribution in [2.24, 2.45) is 5.92 Å². The summed E-state index contributed by atoms with van der Waals surface area (Å²) in [6, 6.07) is 1.26. The molecule has 0 N–H and O–H groups in total. The molecule has 20 heavy (non-hydrogen) atoms. The lowest BCUT2D eigenvalue weighted by molar-refractivity contribution is -0.00748. The molecule has 0 aromatic rings. The monoisotopic (exact) mass is 282 g/mol. The lowest BCUT2D eigenvalue weighted by atomic mass is 10.2. The molecule has 0 aliphatic heterocycles. The molecule has 118 valence electrons. The molecule has 0 aromatic heterocycles. The Hall–Kier alpha value is -0.120. The molecule has 0 aromatic carbocycles. The van der Waals surface area contributed by atoms with Crippen molar-refractivity contribution in [3.8, 4) is 0 Å². The molecule has 2 aliphatic rings. The van der Waals surface area contributed by atoms with Gasteiger partial charge < -0.3 is 9.64 Å². The van der Waals surface area contributed by atoms with E-state index in [1.807, 2.05) is 0 Å². The van der Waals surface area contributed by atoms with E-state index in [4.69, 9.17) is 4.74 Å². The van der Waals surface area contributed by atoms with Crippen LogP contribution in [-0.2, 0) is 4.74 Å². The lowest BCUT2D eigenvalue weighted by Crippen LogP contribution is -2.40. The van der Waals surface area contributed by atoms with Gasteiger partial charge in [-0.25, -0.2) is 0 Å². The summed E-state index contributed by atoms with van der Waals surface area (Å²) in [5, 5.41) is 0. The third-order valence-electron chi connectivity index (χ3n) is 4.93. The van der Waals surface area contributed by atoms with Gasteiger partial charge in [-0.3, -0.25) is 4.90 Å². The number of rotatable bonds is 10. The van der Waals surface area contributed by atoms with Gasteiger partial charge in [0.1, 0.15) is 0 Å². The highest BCUT2D eigenvalue weighted by Gasteiger charge is 2.45. The first-order chi connectivity index (χ1) is 9.42. The number of hydrogen-bond acceptors (Lipinski definition) is 3. The SMILES string of the molecule is CC(C)N(C)CC1(OCCN(CC2CC2)C(C)C)CC1. The van der Waals surface area contributed by atoms with E-state index in [9.17, 15) is 0 Å². The van der Waals surface area contributed by atoms with E-state index in [2.05, 4.69) is 44.5 Å². The minimum Gasteiger partial charge on any atom is -0.372 e. The second-order valence-corrected chi connectivity index (χ2v) is 7.57. The Balaban J connectivity index is 1.68. The molecule has 0 radical (unpaired) electrons. The molecule has 2 aliphatic carbocycles. The van der Waals surface area contributed by atoms with Crippen LogP contribution in [0.25, 0.3) is 0 Å². The van der Waals surface area contributed by atoms with Crippen LogP contribution in [0.2, 0.25) is 0 Å². The molecule has 0 bridgehead atoms. The summed E-state index contributed by atoms with van der Waals surface area (Å²) in [4.78, 5) is 5.01. The van der Waals surface area contributed by atoms with Crippen LogP contribution in [0.1, 0.15) is 53.4 Å². The molecule has 0 atom stereocenters. The van der Waals surface area contributed by atoms with E-state index in [1.54, 1.807) is 0 Å². The fraction of sp³-hybridized carbons (Fsp3) is 1.00. The molecular weight excluding hydrogens is 248 g/mol. The zero-order valence-corrected chi connectivity index (χ0v) is 14.2. The van der Waals surface area contributed by atoms with E-state index in [-0.39, 0.29) is 5.60 Å². The lowest BCUT2D eigenvalue weighted by Gasteiger charge is -2.30. The molecule has 0 amide bonds.